The predicted molar refractivity (Wildman–Crippen MR) is 140 cm³/mol. The number of piperidine rings is 1. The number of carbonyl (C=O) groups is 2. The van der Waals surface area contributed by atoms with Crippen LogP contribution in [0.25, 0.3) is 28.2 Å². The highest BCUT2D eigenvalue weighted by Gasteiger charge is 2.45. The van der Waals surface area contributed by atoms with Crippen LogP contribution in [0.15, 0.2) is 43.4 Å². The summed E-state index contributed by atoms with van der Waals surface area (Å²) in [4.78, 5) is 47.5. The molecule has 4 N–H and O–H groups in total. The van der Waals surface area contributed by atoms with Crippen molar-refractivity contribution in [1.82, 2.24) is 49.6 Å². The molecule has 196 valence electrons. The Morgan fingerprint density at radius 1 is 1.05 bits per heavy atom. The molecule has 2 aliphatic rings. The highest BCUT2D eigenvalue weighted by Crippen LogP contribution is 2.45. The highest BCUT2D eigenvalue weighted by atomic mass is 16.2. The normalized spacial score (nSPS) is 20.5. The monoisotopic (exact) mass is 523 g/mol. The smallest absolute Gasteiger partial charge is 0.292 e. The second-order valence-electron chi connectivity index (χ2n) is 10.1. The first-order chi connectivity index (χ1) is 19.0. The molecule has 5 aromatic heterocycles. The number of nitrogen functional groups attached to an aromatic ring is 1. The van der Waals surface area contributed by atoms with Gasteiger partial charge < -0.3 is 20.6 Å². The Hall–Kier alpha value is -4.94. The lowest BCUT2D eigenvalue weighted by molar-refractivity contribution is 0.0556. The molecule has 2 atom stereocenters. The summed E-state index contributed by atoms with van der Waals surface area (Å²) in [6.45, 7) is 1.50. The molecular formula is C26H25N11O2. The molecule has 0 aliphatic carbocycles. The first kappa shape index (κ1) is 23.2. The van der Waals surface area contributed by atoms with Gasteiger partial charge in [0.1, 0.15) is 17.8 Å². The molecule has 13 nitrogen and oxygen atoms in total. The number of aromatic amines is 2. The number of nitrogens with two attached hydrogens (primary N) is 1. The Bertz CT molecular complexity index is 1680. The molecule has 0 saturated carbocycles. The van der Waals surface area contributed by atoms with E-state index in [0.29, 0.717) is 29.7 Å². The van der Waals surface area contributed by atoms with Gasteiger partial charge in [-0.1, -0.05) is 6.07 Å². The third-order valence-electron chi connectivity index (χ3n) is 7.87. The SMILES string of the molecule is CC(=O)c1c(C2CC3CCC(C2)N3C(=O)c2nnc[nH]2)nc2c(-c3ccc(-c4c[nH]cn4)nc3)cnn2c1N. The van der Waals surface area contributed by atoms with Gasteiger partial charge in [0.2, 0.25) is 5.82 Å². The van der Waals surface area contributed by atoms with Crippen molar-refractivity contribution >= 4 is 23.2 Å². The van der Waals surface area contributed by atoms with Crippen molar-refractivity contribution in [2.75, 3.05) is 5.73 Å². The zero-order valence-electron chi connectivity index (χ0n) is 21.1. The molecule has 7 heterocycles. The lowest BCUT2D eigenvalue weighted by atomic mass is 9.85. The minimum Gasteiger partial charge on any atom is -0.383 e. The van der Waals surface area contributed by atoms with Crippen LogP contribution in [0.1, 0.15) is 65.2 Å². The second kappa shape index (κ2) is 8.82. The summed E-state index contributed by atoms with van der Waals surface area (Å²) in [5.41, 5.74) is 11.3. The number of Topliss-reactive ketones (excluding diaryl/α,β-unsaturated/α-hetero) is 1. The van der Waals surface area contributed by atoms with Gasteiger partial charge >= 0.3 is 0 Å². The Morgan fingerprint density at radius 2 is 1.87 bits per heavy atom. The van der Waals surface area contributed by atoms with E-state index in [0.717, 1.165) is 35.4 Å². The topological polar surface area (TPSA) is 177 Å². The summed E-state index contributed by atoms with van der Waals surface area (Å²) in [6, 6.07) is 3.88. The van der Waals surface area contributed by atoms with Crippen molar-refractivity contribution < 1.29 is 9.59 Å². The first-order valence-electron chi connectivity index (χ1n) is 12.8. The zero-order valence-corrected chi connectivity index (χ0v) is 21.1. The second-order valence-corrected chi connectivity index (χ2v) is 10.1. The molecule has 7 rings (SSSR count). The Balaban J connectivity index is 1.27. The minimum atomic E-state index is -0.161. The quantitative estimate of drug-likeness (QED) is 0.292. The van der Waals surface area contributed by atoms with E-state index in [1.54, 1.807) is 24.9 Å². The largest absolute Gasteiger partial charge is 0.383 e. The van der Waals surface area contributed by atoms with Crippen LogP contribution in [-0.4, -0.2) is 73.4 Å². The van der Waals surface area contributed by atoms with Crippen molar-refractivity contribution in [3.63, 3.8) is 0 Å². The minimum absolute atomic E-state index is 0.0218. The molecule has 5 aromatic rings. The summed E-state index contributed by atoms with van der Waals surface area (Å²) in [5, 5.41) is 12.1. The van der Waals surface area contributed by atoms with E-state index in [2.05, 4.69) is 35.2 Å². The van der Waals surface area contributed by atoms with Crippen LogP contribution < -0.4 is 5.73 Å². The van der Waals surface area contributed by atoms with Gasteiger partial charge in [0.25, 0.3) is 5.91 Å². The van der Waals surface area contributed by atoms with E-state index in [-0.39, 0.29) is 41.3 Å². The molecule has 13 heteroatoms. The molecule has 2 aliphatic heterocycles. The third kappa shape index (κ3) is 3.68. The predicted octanol–water partition coefficient (Wildman–Crippen LogP) is 2.64. The Morgan fingerprint density at radius 3 is 2.51 bits per heavy atom. The summed E-state index contributed by atoms with van der Waals surface area (Å²) < 4.78 is 1.52. The summed E-state index contributed by atoms with van der Waals surface area (Å²) in [7, 11) is 0. The van der Waals surface area contributed by atoms with Crippen molar-refractivity contribution in [3.8, 4) is 22.5 Å². The van der Waals surface area contributed by atoms with E-state index in [1.807, 2.05) is 17.0 Å². The Labute approximate surface area is 221 Å². The number of nitrogens with one attached hydrogen (secondary N) is 2. The van der Waals surface area contributed by atoms with Gasteiger partial charge in [0, 0.05) is 41.5 Å². The van der Waals surface area contributed by atoms with Gasteiger partial charge in [-0.15, -0.1) is 10.2 Å². The van der Waals surface area contributed by atoms with Crippen LogP contribution in [0.4, 0.5) is 5.82 Å². The molecule has 39 heavy (non-hydrogen) atoms. The van der Waals surface area contributed by atoms with Crippen LogP contribution in [0.3, 0.4) is 0 Å². The molecule has 0 radical (unpaired) electrons. The number of imidazole rings is 1. The fourth-order valence-corrected chi connectivity index (χ4v) is 6.16. The van der Waals surface area contributed by atoms with Crippen molar-refractivity contribution in [3.05, 3.63) is 60.5 Å². The molecule has 2 bridgehead atoms. The van der Waals surface area contributed by atoms with Gasteiger partial charge in [0.15, 0.2) is 11.4 Å². The number of rotatable bonds is 5. The maximum atomic E-state index is 13.1. The third-order valence-corrected chi connectivity index (χ3v) is 7.87. The van der Waals surface area contributed by atoms with E-state index in [1.165, 1.54) is 17.8 Å². The lowest BCUT2D eigenvalue weighted by Crippen LogP contribution is -2.46. The zero-order chi connectivity index (χ0) is 26.7. The van der Waals surface area contributed by atoms with E-state index < -0.39 is 0 Å². The molecule has 0 spiro atoms. The fraction of sp³-hybridized carbons (Fsp3) is 0.308. The summed E-state index contributed by atoms with van der Waals surface area (Å²) in [6.07, 6.45) is 11.4. The fourth-order valence-electron chi connectivity index (χ4n) is 6.16. The molecule has 0 aromatic carbocycles. The maximum absolute atomic E-state index is 13.1. The van der Waals surface area contributed by atoms with Gasteiger partial charge in [-0.25, -0.2) is 9.97 Å². The molecular weight excluding hydrogens is 498 g/mol. The van der Waals surface area contributed by atoms with E-state index >= 15 is 0 Å². The number of pyridine rings is 1. The molecule has 1 amide bonds. The van der Waals surface area contributed by atoms with Crippen molar-refractivity contribution in [2.45, 2.75) is 50.6 Å². The van der Waals surface area contributed by atoms with E-state index in [9.17, 15) is 9.59 Å². The number of hydrogen-bond acceptors (Lipinski definition) is 9. The highest BCUT2D eigenvalue weighted by molar-refractivity contribution is 6.00. The van der Waals surface area contributed by atoms with Crippen LogP contribution in [0.5, 0.6) is 0 Å². The van der Waals surface area contributed by atoms with Crippen LogP contribution in [0.2, 0.25) is 0 Å². The van der Waals surface area contributed by atoms with Gasteiger partial charge in [0.05, 0.1) is 29.5 Å². The number of aromatic nitrogens is 9. The number of nitrogens with zero attached hydrogens (tertiary/aromatic N) is 8. The van der Waals surface area contributed by atoms with Gasteiger partial charge in [-0.05, 0) is 38.7 Å². The number of amides is 1. The van der Waals surface area contributed by atoms with Crippen molar-refractivity contribution in [2.24, 2.45) is 0 Å². The average Bonchev–Trinajstić information content (AvgIpc) is 3.75. The molecule has 2 fully saturated rings. The van der Waals surface area contributed by atoms with Gasteiger partial charge in [-0.2, -0.15) is 9.61 Å². The number of carbonyl (C=O) groups excluding carboxylic acids is 2. The molecule has 2 saturated heterocycles. The number of anilines is 1. The summed E-state index contributed by atoms with van der Waals surface area (Å²) in [5.74, 6) is 0.177. The van der Waals surface area contributed by atoms with Crippen LogP contribution in [-0.2, 0) is 0 Å². The maximum Gasteiger partial charge on any atom is 0.292 e. The number of H-pyrrole nitrogens is 2. The Kier molecular flexibility index (Phi) is 5.25. The van der Waals surface area contributed by atoms with Crippen molar-refractivity contribution in [1.29, 1.82) is 0 Å². The number of ketones is 1. The molecule has 2 unspecified atom stereocenters. The van der Waals surface area contributed by atoms with Gasteiger partial charge in [-0.3, -0.25) is 14.6 Å². The first-order valence-corrected chi connectivity index (χ1v) is 12.8. The lowest BCUT2D eigenvalue weighted by Gasteiger charge is -2.38. The standard InChI is InChI=1S/C26H25N11O2/c1-13(38)21-22(15-6-16-3-4-17(7-15)36(16)26(39)24-31-12-32-35-24)34-25-18(9-33-37(25)23(21)27)14-2-5-19(29-8-14)20-10-28-11-30-20/h2,5,8-12,15-17H,3-4,6-7,27H2,1H3,(H,28,30)(H,31,32,35). The average molecular weight is 524 g/mol. The number of hydrogen-bond donors (Lipinski definition) is 3. The summed E-state index contributed by atoms with van der Waals surface area (Å²) >= 11 is 0. The van der Waals surface area contributed by atoms with Crippen LogP contribution in [0, 0.1) is 0 Å². The van der Waals surface area contributed by atoms with E-state index in [4.69, 9.17) is 10.7 Å². The van der Waals surface area contributed by atoms with Crippen LogP contribution >= 0.6 is 0 Å². The number of fused-ring (bicyclic) bond motifs is 3.